The summed E-state index contributed by atoms with van der Waals surface area (Å²) in [6, 6.07) is 7.63. The predicted molar refractivity (Wildman–Crippen MR) is 91.2 cm³/mol. The second-order valence-corrected chi connectivity index (χ2v) is 5.97. The summed E-state index contributed by atoms with van der Waals surface area (Å²) in [6.07, 6.45) is 0. The van der Waals surface area contributed by atoms with Crippen LogP contribution in [0.4, 0.5) is 10.2 Å². The zero-order valence-corrected chi connectivity index (χ0v) is 14.4. The molecular formula is C17H21FN4O3. The van der Waals surface area contributed by atoms with E-state index in [1.54, 1.807) is 31.2 Å². The number of hydrogen-bond donors (Lipinski definition) is 2. The zero-order valence-electron chi connectivity index (χ0n) is 14.4. The predicted octanol–water partition coefficient (Wildman–Crippen LogP) is 2.05. The summed E-state index contributed by atoms with van der Waals surface area (Å²) >= 11 is 0. The molecule has 8 heteroatoms. The van der Waals surface area contributed by atoms with Crippen molar-refractivity contribution in [3.8, 4) is 5.69 Å². The molecule has 2 aromatic rings. The first-order valence-corrected chi connectivity index (χ1v) is 7.85. The van der Waals surface area contributed by atoms with E-state index in [1.807, 2.05) is 13.8 Å². The Hall–Kier alpha value is -2.74. The van der Waals surface area contributed by atoms with Crippen molar-refractivity contribution in [3.05, 3.63) is 41.8 Å². The van der Waals surface area contributed by atoms with E-state index in [0.29, 0.717) is 11.5 Å². The second kappa shape index (κ2) is 7.89. The van der Waals surface area contributed by atoms with Gasteiger partial charge in [-0.2, -0.15) is 5.10 Å². The van der Waals surface area contributed by atoms with E-state index >= 15 is 0 Å². The highest BCUT2D eigenvalue weighted by Crippen LogP contribution is 2.19. The molecule has 0 aliphatic rings. The highest BCUT2D eigenvalue weighted by Gasteiger charge is 2.19. The largest absolute Gasteiger partial charge is 0.480 e. The van der Waals surface area contributed by atoms with Crippen LogP contribution in [0.5, 0.6) is 0 Å². The van der Waals surface area contributed by atoms with Crippen LogP contribution < -0.4 is 5.32 Å². The fraction of sp³-hybridized carbons (Fsp3) is 0.353. The SMILES string of the molecule is Cc1cc(NC(=O)CN(CC(=O)O)C(C)C)n(-c2ccccc2F)n1. The lowest BCUT2D eigenvalue weighted by atomic mass is 10.3. The van der Waals surface area contributed by atoms with Gasteiger partial charge in [-0.3, -0.25) is 14.5 Å². The Kier molecular flexibility index (Phi) is 5.87. The van der Waals surface area contributed by atoms with Crippen molar-refractivity contribution in [2.75, 3.05) is 18.4 Å². The quantitative estimate of drug-likeness (QED) is 0.800. The fourth-order valence-corrected chi connectivity index (χ4v) is 2.36. The number of amides is 1. The summed E-state index contributed by atoms with van der Waals surface area (Å²) in [5.74, 6) is -1.54. The Bertz CT molecular complexity index is 773. The molecule has 2 N–H and O–H groups in total. The summed E-state index contributed by atoms with van der Waals surface area (Å²) in [6.45, 7) is 5.02. The van der Waals surface area contributed by atoms with Crippen molar-refractivity contribution in [2.24, 2.45) is 0 Å². The molecule has 0 aliphatic carbocycles. The van der Waals surface area contributed by atoms with Crippen molar-refractivity contribution in [1.29, 1.82) is 0 Å². The Morgan fingerprint density at radius 1 is 1.32 bits per heavy atom. The summed E-state index contributed by atoms with van der Waals surface area (Å²) in [5, 5.41) is 15.8. The number of aliphatic carboxylic acids is 1. The number of nitrogens with zero attached hydrogens (tertiary/aromatic N) is 3. The number of para-hydroxylation sites is 1. The number of aryl methyl sites for hydroxylation is 1. The van der Waals surface area contributed by atoms with Crippen LogP contribution in [0.2, 0.25) is 0 Å². The number of rotatable bonds is 7. The lowest BCUT2D eigenvalue weighted by Gasteiger charge is -2.23. The molecule has 0 aliphatic heterocycles. The lowest BCUT2D eigenvalue weighted by Crippen LogP contribution is -2.41. The zero-order chi connectivity index (χ0) is 18.6. The molecule has 0 fully saturated rings. The van der Waals surface area contributed by atoms with Gasteiger partial charge < -0.3 is 10.4 Å². The van der Waals surface area contributed by atoms with Crippen LogP contribution in [0, 0.1) is 12.7 Å². The van der Waals surface area contributed by atoms with Gasteiger partial charge in [0.05, 0.1) is 18.8 Å². The van der Waals surface area contributed by atoms with E-state index in [2.05, 4.69) is 10.4 Å². The van der Waals surface area contributed by atoms with E-state index in [-0.39, 0.29) is 24.8 Å². The average molecular weight is 348 g/mol. The topological polar surface area (TPSA) is 87.5 Å². The van der Waals surface area contributed by atoms with Crippen molar-refractivity contribution in [3.63, 3.8) is 0 Å². The number of anilines is 1. The van der Waals surface area contributed by atoms with Gasteiger partial charge in [0, 0.05) is 12.1 Å². The summed E-state index contributed by atoms with van der Waals surface area (Å²) < 4.78 is 15.3. The monoisotopic (exact) mass is 348 g/mol. The molecule has 2 rings (SSSR count). The molecule has 0 saturated carbocycles. The van der Waals surface area contributed by atoms with Crippen LogP contribution in [0.15, 0.2) is 30.3 Å². The molecule has 25 heavy (non-hydrogen) atoms. The maximum atomic E-state index is 14.0. The highest BCUT2D eigenvalue weighted by atomic mass is 19.1. The van der Waals surface area contributed by atoms with Crippen LogP contribution in [0.1, 0.15) is 19.5 Å². The Balaban J connectivity index is 2.19. The first-order valence-electron chi connectivity index (χ1n) is 7.85. The molecule has 0 radical (unpaired) electrons. The average Bonchev–Trinajstić information content (AvgIpc) is 2.86. The van der Waals surface area contributed by atoms with E-state index in [4.69, 9.17) is 5.11 Å². The van der Waals surface area contributed by atoms with E-state index < -0.39 is 17.7 Å². The minimum Gasteiger partial charge on any atom is -0.480 e. The van der Waals surface area contributed by atoms with E-state index in [1.165, 1.54) is 15.6 Å². The number of halogens is 1. The summed E-state index contributed by atoms with van der Waals surface area (Å²) in [4.78, 5) is 24.7. The molecule has 7 nitrogen and oxygen atoms in total. The van der Waals surface area contributed by atoms with Crippen molar-refractivity contribution >= 4 is 17.7 Å². The normalized spacial score (nSPS) is 11.1. The minimum absolute atomic E-state index is 0.0918. The molecule has 0 saturated heterocycles. The van der Waals surface area contributed by atoms with Gasteiger partial charge in [-0.25, -0.2) is 9.07 Å². The number of aromatic nitrogens is 2. The number of hydrogen-bond acceptors (Lipinski definition) is 4. The Morgan fingerprint density at radius 3 is 2.60 bits per heavy atom. The Labute approximate surface area is 145 Å². The van der Waals surface area contributed by atoms with Gasteiger partial charge in [0.2, 0.25) is 5.91 Å². The number of benzene rings is 1. The van der Waals surface area contributed by atoms with Crippen LogP contribution in [-0.2, 0) is 9.59 Å². The molecule has 1 amide bonds. The molecule has 1 aromatic carbocycles. The van der Waals surface area contributed by atoms with Gasteiger partial charge in [-0.05, 0) is 32.9 Å². The Morgan fingerprint density at radius 2 is 2.00 bits per heavy atom. The number of carboxylic acids is 1. The van der Waals surface area contributed by atoms with Gasteiger partial charge in [-0.15, -0.1) is 0 Å². The van der Waals surface area contributed by atoms with Crippen LogP contribution >= 0.6 is 0 Å². The number of carbonyl (C=O) groups is 2. The maximum Gasteiger partial charge on any atom is 0.317 e. The number of carboxylic acid groups (broad SMARTS) is 1. The molecule has 0 bridgehead atoms. The van der Waals surface area contributed by atoms with E-state index in [0.717, 1.165) is 0 Å². The van der Waals surface area contributed by atoms with Gasteiger partial charge in [0.1, 0.15) is 17.3 Å². The molecular weight excluding hydrogens is 327 g/mol. The first-order chi connectivity index (χ1) is 11.8. The third-order valence-corrected chi connectivity index (χ3v) is 3.60. The number of carbonyl (C=O) groups excluding carboxylic acids is 1. The van der Waals surface area contributed by atoms with Gasteiger partial charge in [0.25, 0.3) is 0 Å². The first kappa shape index (κ1) is 18.6. The van der Waals surface area contributed by atoms with Gasteiger partial charge in [-0.1, -0.05) is 12.1 Å². The number of nitrogens with one attached hydrogen (secondary N) is 1. The molecule has 0 spiro atoms. The van der Waals surface area contributed by atoms with Crippen molar-refractivity contribution in [2.45, 2.75) is 26.8 Å². The van der Waals surface area contributed by atoms with Crippen molar-refractivity contribution < 1.29 is 19.1 Å². The van der Waals surface area contributed by atoms with Crippen LogP contribution in [0.3, 0.4) is 0 Å². The second-order valence-electron chi connectivity index (χ2n) is 5.97. The molecule has 0 atom stereocenters. The molecule has 1 aromatic heterocycles. The fourth-order valence-electron chi connectivity index (χ4n) is 2.36. The molecule has 0 unspecified atom stereocenters. The third kappa shape index (κ3) is 4.87. The lowest BCUT2D eigenvalue weighted by molar-refractivity contribution is -0.139. The van der Waals surface area contributed by atoms with Gasteiger partial charge in [0.15, 0.2) is 0 Å². The molecule has 134 valence electrons. The van der Waals surface area contributed by atoms with Crippen molar-refractivity contribution in [1.82, 2.24) is 14.7 Å². The van der Waals surface area contributed by atoms with E-state index in [9.17, 15) is 14.0 Å². The minimum atomic E-state index is -1.01. The summed E-state index contributed by atoms with van der Waals surface area (Å²) in [5.41, 5.74) is 0.835. The van der Waals surface area contributed by atoms with Crippen LogP contribution in [-0.4, -0.2) is 50.8 Å². The smallest absolute Gasteiger partial charge is 0.317 e. The summed E-state index contributed by atoms with van der Waals surface area (Å²) in [7, 11) is 0. The molecule has 1 heterocycles. The standard InChI is InChI=1S/C17H21FN4O3/c1-11(2)21(10-17(24)25)9-16(23)19-15-8-12(3)20-22(15)14-7-5-4-6-13(14)18/h4-8,11H,9-10H2,1-3H3,(H,19,23)(H,24,25). The van der Waals surface area contributed by atoms with Crippen LogP contribution in [0.25, 0.3) is 5.69 Å². The van der Waals surface area contributed by atoms with Gasteiger partial charge >= 0.3 is 5.97 Å². The highest BCUT2D eigenvalue weighted by molar-refractivity contribution is 5.92. The third-order valence-electron chi connectivity index (χ3n) is 3.60. The maximum absolute atomic E-state index is 14.0.